The second-order valence-electron chi connectivity index (χ2n) is 6.07. The second kappa shape index (κ2) is 4.94. The van der Waals surface area contributed by atoms with E-state index in [2.05, 4.69) is 25.9 Å². The van der Waals surface area contributed by atoms with E-state index in [9.17, 15) is 4.79 Å². The minimum atomic E-state index is -0.0291. The van der Waals surface area contributed by atoms with E-state index in [0.29, 0.717) is 30.2 Å². The molecule has 0 amide bonds. The number of anilines is 1. The quantitative estimate of drug-likeness (QED) is 0.845. The summed E-state index contributed by atoms with van der Waals surface area (Å²) in [7, 11) is 0. The summed E-state index contributed by atoms with van der Waals surface area (Å²) in [5, 5.41) is 0. The number of nitrogen functional groups attached to an aromatic ring is 1. The molecule has 2 aromatic heterocycles. The maximum absolute atomic E-state index is 11.8. The standard InChI is InChI=1S/C15H17BrN4O2/c1-2-22-15(21)10-8-5-7(6-9(8)10)14-19-12(16)11-13(17)18-3-4-20(11)14/h3-4,7-10H,2,5-6H2,1H3,(H2,17,18). The maximum atomic E-state index is 11.8. The van der Waals surface area contributed by atoms with E-state index in [1.54, 1.807) is 6.20 Å². The molecule has 2 fully saturated rings. The Hall–Kier alpha value is -1.63. The number of ether oxygens (including phenoxy) is 1. The lowest BCUT2D eigenvalue weighted by Crippen LogP contribution is -2.13. The average Bonchev–Trinajstić information content (AvgIpc) is 2.83. The fourth-order valence-electron chi connectivity index (χ4n) is 3.97. The SMILES string of the molecule is CCOC(=O)C1C2CC(c3nc(Br)c4c(N)nccn34)CC21. The summed E-state index contributed by atoms with van der Waals surface area (Å²) in [6.07, 6.45) is 5.56. The third kappa shape index (κ3) is 1.95. The van der Waals surface area contributed by atoms with E-state index in [4.69, 9.17) is 10.5 Å². The number of rotatable bonds is 3. The molecule has 0 spiro atoms. The number of hydrogen-bond acceptors (Lipinski definition) is 5. The maximum Gasteiger partial charge on any atom is 0.309 e. The Bertz CT molecular complexity index is 747. The highest BCUT2D eigenvalue weighted by Gasteiger charge is 2.61. The van der Waals surface area contributed by atoms with Crippen molar-refractivity contribution < 1.29 is 9.53 Å². The van der Waals surface area contributed by atoms with E-state index < -0.39 is 0 Å². The zero-order valence-corrected chi connectivity index (χ0v) is 13.8. The summed E-state index contributed by atoms with van der Waals surface area (Å²) < 4.78 is 7.89. The summed E-state index contributed by atoms with van der Waals surface area (Å²) in [4.78, 5) is 20.6. The largest absolute Gasteiger partial charge is 0.466 e. The van der Waals surface area contributed by atoms with Gasteiger partial charge in [-0.05, 0) is 47.5 Å². The summed E-state index contributed by atoms with van der Waals surface area (Å²) in [5.41, 5.74) is 6.76. The lowest BCUT2D eigenvalue weighted by molar-refractivity contribution is -0.145. The molecule has 2 aliphatic rings. The molecule has 2 aromatic rings. The number of halogens is 1. The molecule has 0 aromatic carbocycles. The van der Waals surface area contributed by atoms with Crippen molar-refractivity contribution in [1.29, 1.82) is 0 Å². The first-order chi connectivity index (χ1) is 10.6. The van der Waals surface area contributed by atoms with Crippen molar-refractivity contribution in [2.75, 3.05) is 12.3 Å². The molecule has 0 aliphatic heterocycles. The van der Waals surface area contributed by atoms with Gasteiger partial charge in [-0.1, -0.05) is 0 Å². The van der Waals surface area contributed by atoms with Crippen LogP contribution >= 0.6 is 15.9 Å². The van der Waals surface area contributed by atoms with Gasteiger partial charge in [-0.3, -0.25) is 9.20 Å². The van der Waals surface area contributed by atoms with Crippen LogP contribution in [0.25, 0.3) is 5.52 Å². The minimum Gasteiger partial charge on any atom is -0.466 e. The van der Waals surface area contributed by atoms with Crippen LogP contribution in [0.15, 0.2) is 17.0 Å². The molecule has 0 bridgehead atoms. The Morgan fingerprint density at radius 3 is 2.91 bits per heavy atom. The normalized spacial score (nSPS) is 29.5. The Balaban J connectivity index is 1.57. The highest BCUT2D eigenvalue weighted by atomic mass is 79.9. The number of fused-ring (bicyclic) bond motifs is 2. The number of esters is 1. The highest BCUT2D eigenvalue weighted by Crippen LogP contribution is 2.62. The Morgan fingerprint density at radius 1 is 1.50 bits per heavy atom. The molecule has 2 aliphatic carbocycles. The fraction of sp³-hybridized carbons (Fsp3) is 0.533. The zero-order valence-electron chi connectivity index (χ0n) is 12.2. The molecule has 0 radical (unpaired) electrons. The van der Waals surface area contributed by atoms with Crippen LogP contribution in [-0.4, -0.2) is 26.9 Å². The van der Waals surface area contributed by atoms with Gasteiger partial charge < -0.3 is 10.5 Å². The molecule has 4 rings (SSSR count). The van der Waals surface area contributed by atoms with E-state index in [1.165, 1.54) is 0 Å². The van der Waals surface area contributed by atoms with Gasteiger partial charge in [-0.15, -0.1) is 0 Å². The molecule has 7 heteroatoms. The van der Waals surface area contributed by atoms with Gasteiger partial charge in [-0.25, -0.2) is 9.97 Å². The van der Waals surface area contributed by atoms with Crippen LogP contribution in [0.2, 0.25) is 0 Å². The predicted octanol–water partition coefficient (Wildman–Crippen LogP) is 2.38. The summed E-state index contributed by atoms with van der Waals surface area (Å²) >= 11 is 3.47. The lowest BCUT2D eigenvalue weighted by Gasteiger charge is -2.13. The van der Waals surface area contributed by atoms with Crippen LogP contribution in [-0.2, 0) is 9.53 Å². The number of aromatic nitrogens is 3. The first-order valence-corrected chi connectivity index (χ1v) is 8.35. The van der Waals surface area contributed by atoms with Crippen LogP contribution in [0.4, 0.5) is 5.82 Å². The molecule has 2 saturated carbocycles. The molecule has 2 heterocycles. The van der Waals surface area contributed by atoms with Crippen LogP contribution in [0.1, 0.15) is 31.5 Å². The highest BCUT2D eigenvalue weighted by molar-refractivity contribution is 9.10. The Morgan fingerprint density at radius 2 is 2.23 bits per heavy atom. The van der Waals surface area contributed by atoms with Gasteiger partial charge in [-0.2, -0.15) is 0 Å². The van der Waals surface area contributed by atoms with Crippen LogP contribution < -0.4 is 5.73 Å². The molecule has 2 N–H and O–H groups in total. The first-order valence-electron chi connectivity index (χ1n) is 7.56. The third-order valence-corrected chi connectivity index (χ3v) is 5.49. The van der Waals surface area contributed by atoms with Gasteiger partial charge in [0.25, 0.3) is 0 Å². The number of nitrogens with two attached hydrogens (primary N) is 1. The molecule has 0 saturated heterocycles. The van der Waals surface area contributed by atoms with E-state index in [1.807, 2.05) is 17.5 Å². The fourth-order valence-corrected chi connectivity index (χ4v) is 4.55. The van der Waals surface area contributed by atoms with E-state index in [0.717, 1.165) is 28.8 Å². The first kappa shape index (κ1) is 14.0. The predicted molar refractivity (Wildman–Crippen MR) is 84.2 cm³/mol. The zero-order chi connectivity index (χ0) is 15.4. The van der Waals surface area contributed by atoms with Gasteiger partial charge in [0.2, 0.25) is 0 Å². The van der Waals surface area contributed by atoms with Crippen molar-refractivity contribution in [3.63, 3.8) is 0 Å². The molecule has 2 atom stereocenters. The van der Waals surface area contributed by atoms with Crippen molar-refractivity contribution in [2.45, 2.75) is 25.7 Å². The topological polar surface area (TPSA) is 82.5 Å². The van der Waals surface area contributed by atoms with E-state index in [-0.39, 0.29) is 11.9 Å². The average molecular weight is 365 g/mol. The van der Waals surface area contributed by atoms with Crippen LogP contribution in [0.5, 0.6) is 0 Å². The van der Waals surface area contributed by atoms with Crippen LogP contribution in [0.3, 0.4) is 0 Å². The Labute approximate surface area is 136 Å². The van der Waals surface area contributed by atoms with Gasteiger partial charge in [0.1, 0.15) is 15.9 Å². The van der Waals surface area contributed by atoms with E-state index >= 15 is 0 Å². The van der Waals surface area contributed by atoms with Crippen molar-refractivity contribution in [2.24, 2.45) is 17.8 Å². The molecule has 22 heavy (non-hydrogen) atoms. The summed E-state index contributed by atoms with van der Waals surface area (Å²) in [5.74, 6) is 2.83. The number of nitrogens with zero attached hydrogens (tertiary/aromatic N) is 3. The molecule has 116 valence electrons. The Kier molecular flexibility index (Phi) is 3.14. The van der Waals surface area contributed by atoms with Gasteiger partial charge in [0.15, 0.2) is 5.82 Å². The van der Waals surface area contributed by atoms with Crippen molar-refractivity contribution >= 4 is 33.2 Å². The van der Waals surface area contributed by atoms with Crippen molar-refractivity contribution in [3.8, 4) is 0 Å². The molecule has 6 nitrogen and oxygen atoms in total. The third-order valence-electron chi connectivity index (χ3n) is 4.94. The smallest absolute Gasteiger partial charge is 0.309 e. The van der Waals surface area contributed by atoms with Gasteiger partial charge in [0.05, 0.1) is 12.5 Å². The van der Waals surface area contributed by atoms with Crippen LogP contribution in [0, 0.1) is 17.8 Å². The monoisotopic (exact) mass is 364 g/mol. The van der Waals surface area contributed by atoms with Crippen molar-refractivity contribution in [3.05, 3.63) is 22.8 Å². The van der Waals surface area contributed by atoms with Crippen molar-refractivity contribution in [1.82, 2.24) is 14.4 Å². The number of imidazole rings is 1. The lowest BCUT2D eigenvalue weighted by atomic mass is 9.99. The molecule has 2 unspecified atom stereocenters. The number of hydrogen-bond donors (Lipinski definition) is 1. The van der Waals surface area contributed by atoms with Gasteiger partial charge in [0, 0.05) is 18.3 Å². The molecular weight excluding hydrogens is 348 g/mol. The minimum absolute atomic E-state index is 0.0291. The summed E-state index contributed by atoms with van der Waals surface area (Å²) in [6.45, 7) is 2.31. The second-order valence-corrected chi connectivity index (χ2v) is 6.82. The van der Waals surface area contributed by atoms with Gasteiger partial charge >= 0.3 is 5.97 Å². The number of carbonyl (C=O) groups excluding carboxylic acids is 1. The number of carbonyl (C=O) groups is 1. The summed E-state index contributed by atoms with van der Waals surface area (Å²) in [6, 6.07) is 0. The molecular formula is C15H17BrN4O2.